The smallest absolute Gasteiger partial charge is 0.209 e. The van der Waals surface area contributed by atoms with Gasteiger partial charge in [-0.05, 0) is 30.7 Å². The predicted octanol–water partition coefficient (Wildman–Crippen LogP) is 4.77. The number of Topliss-reactive ketones (excluding diaryl/α,β-unsaturated/α-hetero) is 1. The fraction of sp³-hybridized carbons (Fsp3) is 0.0526. The molecule has 3 aromatic rings. The monoisotopic (exact) mass is 323 g/mol. The quantitative estimate of drug-likeness (QED) is 0.703. The molecule has 0 aliphatic heterocycles. The van der Waals surface area contributed by atoms with Gasteiger partial charge in [0.25, 0.3) is 0 Å². The van der Waals surface area contributed by atoms with Crippen molar-refractivity contribution < 1.29 is 9.59 Å². The molecule has 0 amide bonds. The van der Waals surface area contributed by atoms with Gasteiger partial charge in [-0.15, -0.1) is 0 Å². The minimum absolute atomic E-state index is 0.0988. The molecule has 0 atom stereocenters. The molecule has 0 fully saturated rings. The van der Waals surface area contributed by atoms with Crippen molar-refractivity contribution in [2.75, 3.05) is 0 Å². The Bertz CT molecular complexity index is 864. The molecule has 3 nitrogen and oxygen atoms in total. The van der Waals surface area contributed by atoms with Crippen LogP contribution in [0.2, 0.25) is 5.02 Å². The number of rotatable bonds is 4. The van der Waals surface area contributed by atoms with E-state index in [4.69, 9.17) is 11.6 Å². The first-order valence-corrected chi connectivity index (χ1v) is 7.53. The van der Waals surface area contributed by atoms with Crippen LogP contribution in [0.15, 0.2) is 60.7 Å². The van der Waals surface area contributed by atoms with E-state index in [9.17, 15) is 9.59 Å². The summed E-state index contributed by atoms with van der Waals surface area (Å²) < 4.78 is 0. The van der Waals surface area contributed by atoms with E-state index in [1.54, 1.807) is 30.3 Å². The number of benzene rings is 2. The fourth-order valence-electron chi connectivity index (χ4n) is 2.44. The van der Waals surface area contributed by atoms with E-state index in [2.05, 4.69) is 4.98 Å². The maximum atomic E-state index is 12.6. The second-order valence-electron chi connectivity index (χ2n) is 5.23. The highest BCUT2D eigenvalue weighted by molar-refractivity contribution is 6.30. The van der Waals surface area contributed by atoms with E-state index >= 15 is 0 Å². The molecule has 4 heteroatoms. The first-order valence-electron chi connectivity index (χ1n) is 7.16. The van der Waals surface area contributed by atoms with Gasteiger partial charge >= 0.3 is 0 Å². The Kier molecular flexibility index (Phi) is 4.13. The van der Waals surface area contributed by atoms with Crippen LogP contribution in [0.1, 0.15) is 33.3 Å². The Morgan fingerprint density at radius 1 is 0.957 bits per heavy atom. The summed E-state index contributed by atoms with van der Waals surface area (Å²) in [5.74, 6) is -0.244. The normalized spacial score (nSPS) is 10.5. The maximum absolute atomic E-state index is 12.6. The lowest BCUT2D eigenvalue weighted by atomic mass is 10.0. The Hall–Kier alpha value is -2.65. The average Bonchev–Trinajstić information content (AvgIpc) is 3.01. The molecule has 1 heterocycles. The lowest BCUT2D eigenvalue weighted by molar-refractivity contribution is 0.101. The third-order valence-electron chi connectivity index (χ3n) is 3.61. The zero-order valence-corrected chi connectivity index (χ0v) is 13.2. The van der Waals surface area contributed by atoms with E-state index in [0.717, 1.165) is 5.56 Å². The van der Waals surface area contributed by atoms with Gasteiger partial charge in [-0.3, -0.25) is 9.59 Å². The number of aromatic amines is 1. The number of hydrogen-bond acceptors (Lipinski definition) is 2. The Morgan fingerprint density at radius 3 is 2.22 bits per heavy atom. The highest BCUT2D eigenvalue weighted by Gasteiger charge is 2.18. The van der Waals surface area contributed by atoms with Crippen LogP contribution in [0.5, 0.6) is 0 Å². The summed E-state index contributed by atoms with van der Waals surface area (Å²) in [6, 6.07) is 17.7. The van der Waals surface area contributed by atoms with Crippen molar-refractivity contribution in [3.63, 3.8) is 0 Å². The van der Waals surface area contributed by atoms with Crippen LogP contribution in [0, 0.1) is 0 Å². The molecule has 1 aromatic heterocycles. The van der Waals surface area contributed by atoms with Crippen molar-refractivity contribution >= 4 is 23.2 Å². The van der Waals surface area contributed by atoms with Crippen molar-refractivity contribution in [2.45, 2.75) is 6.92 Å². The van der Waals surface area contributed by atoms with Gasteiger partial charge in [-0.1, -0.05) is 54.1 Å². The molecule has 0 bridgehead atoms. The van der Waals surface area contributed by atoms with Crippen LogP contribution in [0.25, 0.3) is 11.3 Å². The highest BCUT2D eigenvalue weighted by Crippen LogP contribution is 2.26. The number of ketones is 2. The molecule has 0 aliphatic carbocycles. The zero-order valence-electron chi connectivity index (χ0n) is 12.5. The molecule has 0 radical (unpaired) electrons. The van der Waals surface area contributed by atoms with Gasteiger partial charge in [0, 0.05) is 16.1 Å². The molecule has 0 aliphatic rings. The number of carbonyl (C=O) groups is 2. The first-order chi connectivity index (χ1) is 11.1. The lowest BCUT2D eigenvalue weighted by Crippen LogP contribution is -2.01. The molecular weight excluding hydrogens is 310 g/mol. The van der Waals surface area contributed by atoms with E-state index in [1.165, 1.54) is 6.92 Å². The molecule has 0 saturated heterocycles. The summed E-state index contributed by atoms with van der Waals surface area (Å²) in [7, 11) is 0. The van der Waals surface area contributed by atoms with Crippen molar-refractivity contribution in [3.8, 4) is 11.3 Å². The summed E-state index contributed by atoms with van der Waals surface area (Å²) in [6.45, 7) is 1.49. The van der Waals surface area contributed by atoms with Crippen molar-refractivity contribution in [1.82, 2.24) is 4.98 Å². The van der Waals surface area contributed by atoms with Gasteiger partial charge in [-0.2, -0.15) is 0 Å². The summed E-state index contributed by atoms with van der Waals surface area (Å²) in [5, 5.41) is 0.616. The number of carbonyl (C=O) groups excluding carboxylic acids is 2. The number of hydrogen-bond donors (Lipinski definition) is 1. The maximum Gasteiger partial charge on any atom is 0.209 e. The molecule has 0 saturated carbocycles. The summed E-state index contributed by atoms with van der Waals surface area (Å²) in [5.41, 5.74) is 2.91. The lowest BCUT2D eigenvalue weighted by Gasteiger charge is -2.02. The van der Waals surface area contributed by atoms with Gasteiger partial charge in [-0.25, -0.2) is 0 Å². The van der Waals surface area contributed by atoms with Crippen molar-refractivity contribution in [1.29, 1.82) is 0 Å². The van der Waals surface area contributed by atoms with Crippen LogP contribution in [-0.2, 0) is 0 Å². The van der Waals surface area contributed by atoms with Crippen LogP contribution < -0.4 is 0 Å². The Balaban J connectivity index is 2.07. The number of aromatic nitrogens is 1. The molecule has 23 heavy (non-hydrogen) atoms. The second kappa shape index (κ2) is 6.23. The van der Waals surface area contributed by atoms with Crippen LogP contribution >= 0.6 is 11.6 Å². The minimum Gasteiger partial charge on any atom is -0.351 e. The number of H-pyrrole nitrogens is 1. The largest absolute Gasteiger partial charge is 0.351 e. The number of halogens is 1. The summed E-state index contributed by atoms with van der Waals surface area (Å²) in [6.07, 6.45) is 0. The third-order valence-corrected chi connectivity index (χ3v) is 3.86. The molecule has 3 rings (SSSR count). The molecule has 114 valence electrons. The topological polar surface area (TPSA) is 49.9 Å². The molecule has 0 unspecified atom stereocenters. The highest BCUT2D eigenvalue weighted by atomic mass is 35.5. The minimum atomic E-state index is -0.145. The van der Waals surface area contributed by atoms with Gasteiger partial charge in [0.15, 0.2) is 5.78 Å². The molecule has 0 spiro atoms. The zero-order chi connectivity index (χ0) is 16.4. The Labute approximate surface area is 138 Å². The van der Waals surface area contributed by atoms with Gasteiger partial charge in [0.2, 0.25) is 5.78 Å². The van der Waals surface area contributed by atoms with Gasteiger partial charge in [0.05, 0.1) is 11.4 Å². The average molecular weight is 324 g/mol. The van der Waals surface area contributed by atoms with Crippen molar-refractivity contribution in [3.05, 3.63) is 82.5 Å². The predicted molar refractivity (Wildman–Crippen MR) is 91.1 cm³/mol. The molecular formula is C19H14ClNO2. The fourth-order valence-corrected chi connectivity index (χ4v) is 2.57. The second-order valence-corrected chi connectivity index (χ2v) is 5.67. The first kappa shape index (κ1) is 15.3. The standard InChI is InChI=1S/C19H14ClNO2/c1-12(22)16-11-17(19(23)14-5-3-2-4-6-14)21-18(16)13-7-9-15(20)10-8-13/h2-11,21H,1H3. The molecule has 1 N–H and O–H groups in total. The van der Waals surface area contributed by atoms with Gasteiger partial charge < -0.3 is 4.98 Å². The molecule has 2 aromatic carbocycles. The summed E-state index contributed by atoms with van der Waals surface area (Å²) >= 11 is 5.91. The summed E-state index contributed by atoms with van der Waals surface area (Å²) in [4.78, 5) is 27.6. The van der Waals surface area contributed by atoms with E-state index in [-0.39, 0.29) is 11.6 Å². The van der Waals surface area contributed by atoms with Gasteiger partial charge in [0.1, 0.15) is 0 Å². The van der Waals surface area contributed by atoms with E-state index < -0.39 is 0 Å². The number of nitrogens with one attached hydrogen (secondary N) is 1. The SMILES string of the molecule is CC(=O)c1cc(C(=O)c2ccccc2)[nH]c1-c1ccc(Cl)cc1. The van der Waals surface area contributed by atoms with E-state index in [1.807, 2.05) is 30.3 Å². The van der Waals surface area contributed by atoms with Crippen LogP contribution in [0.4, 0.5) is 0 Å². The van der Waals surface area contributed by atoms with Crippen molar-refractivity contribution in [2.24, 2.45) is 0 Å². The Morgan fingerprint density at radius 2 is 1.61 bits per heavy atom. The third kappa shape index (κ3) is 3.10. The van der Waals surface area contributed by atoms with Crippen LogP contribution in [0.3, 0.4) is 0 Å². The van der Waals surface area contributed by atoms with Crippen LogP contribution in [-0.4, -0.2) is 16.6 Å². The van der Waals surface area contributed by atoms with E-state index in [0.29, 0.717) is 27.5 Å².